The van der Waals surface area contributed by atoms with E-state index in [0.717, 1.165) is 13.2 Å². The Labute approximate surface area is 99.0 Å². The number of hydrogen-bond donors (Lipinski definition) is 1. The van der Waals surface area contributed by atoms with Crippen molar-refractivity contribution in [2.24, 2.45) is 0 Å². The van der Waals surface area contributed by atoms with Crippen molar-refractivity contribution in [3.05, 3.63) is 37.7 Å². The van der Waals surface area contributed by atoms with Crippen molar-refractivity contribution in [2.75, 3.05) is 7.11 Å². The van der Waals surface area contributed by atoms with Gasteiger partial charge in [-0.25, -0.2) is 10.0 Å². The molecular weight excluding hydrogens is 256 g/mol. The molecule has 0 aliphatic carbocycles. The Bertz CT molecular complexity index is 515. The second kappa shape index (κ2) is 4.74. The summed E-state index contributed by atoms with van der Waals surface area (Å²) in [6.45, 7) is 0. The van der Waals surface area contributed by atoms with Crippen molar-refractivity contribution in [3.63, 3.8) is 0 Å². The SMILES string of the molecule is COC(=O)c1cc(Cl)c([N+](=O)O)cc1[N+](=O)[O-]. The van der Waals surface area contributed by atoms with Gasteiger partial charge in [0.15, 0.2) is 0 Å². The average Bonchev–Trinajstić information content (AvgIpc) is 2.26. The highest BCUT2D eigenvalue weighted by Gasteiger charge is 2.29. The Kier molecular flexibility index (Phi) is 3.59. The number of carbonyl (C=O) groups is 1. The molecule has 17 heavy (non-hydrogen) atoms. The molecule has 0 radical (unpaired) electrons. The van der Waals surface area contributed by atoms with Crippen molar-refractivity contribution in [3.8, 4) is 0 Å². The summed E-state index contributed by atoms with van der Waals surface area (Å²) in [5.41, 5.74) is -1.63. The predicted octanol–water partition coefficient (Wildman–Crippen LogP) is 1.83. The zero-order chi connectivity index (χ0) is 13.2. The molecule has 0 saturated carbocycles. The lowest BCUT2D eigenvalue weighted by Crippen LogP contribution is -2.07. The number of esters is 1. The summed E-state index contributed by atoms with van der Waals surface area (Å²) in [6, 6.07) is 1.56. The first-order valence-electron chi connectivity index (χ1n) is 4.11. The van der Waals surface area contributed by atoms with Gasteiger partial charge < -0.3 is 4.74 Å². The van der Waals surface area contributed by atoms with E-state index in [2.05, 4.69) is 4.74 Å². The summed E-state index contributed by atoms with van der Waals surface area (Å²) >= 11 is 5.57. The zero-order valence-electron chi connectivity index (χ0n) is 8.42. The molecule has 0 aliphatic heterocycles. The fraction of sp³-hybridized carbons (Fsp3) is 0.125. The van der Waals surface area contributed by atoms with Gasteiger partial charge in [0.2, 0.25) is 0 Å². The van der Waals surface area contributed by atoms with Crippen LogP contribution in [0.15, 0.2) is 12.1 Å². The molecule has 90 valence electrons. The standard InChI is InChI=1S/C8H6ClN2O6/c1-17-8(12)4-2-5(9)7(11(15)16)3-6(4)10(13)14/h2-3H,1H3,(H,15,16)/q+1. The van der Waals surface area contributed by atoms with Crippen LogP contribution < -0.4 is 0 Å². The van der Waals surface area contributed by atoms with Crippen molar-refractivity contribution in [1.82, 2.24) is 0 Å². The van der Waals surface area contributed by atoms with Crippen LogP contribution in [0.4, 0.5) is 11.4 Å². The van der Waals surface area contributed by atoms with Crippen molar-refractivity contribution >= 4 is 28.9 Å². The van der Waals surface area contributed by atoms with Crippen LogP contribution in [0.2, 0.25) is 5.02 Å². The molecule has 1 aromatic rings. The number of nitrogens with zero attached hydrogens (tertiary/aromatic N) is 2. The molecule has 0 aliphatic rings. The molecule has 0 fully saturated rings. The third-order valence-electron chi connectivity index (χ3n) is 1.87. The minimum Gasteiger partial charge on any atom is -0.465 e. The first-order valence-corrected chi connectivity index (χ1v) is 4.48. The molecule has 8 nitrogen and oxygen atoms in total. The van der Waals surface area contributed by atoms with Crippen LogP contribution in [0.1, 0.15) is 10.4 Å². The highest BCUT2D eigenvalue weighted by atomic mass is 35.5. The molecule has 0 atom stereocenters. The molecule has 9 heteroatoms. The van der Waals surface area contributed by atoms with E-state index in [1.807, 2.05) is 0 Å². The molecule has 0 amide bonds. The number of carbonyl (C=O) groups excluding carboxylic acids is 1. The normalized spacial score (nSPS) is 9.76. The monoisotopic (exact) mass is 261 g/mol. The first-order chi connectivity index (χ1) is 7.88. The smallest absolute Gasteiger partial charge is 0.344 e. The Hall–Kier alpha value is -2.22. The molecule has 0 aromatic heterocycles. The van der Waals surface area contributed by atoms with Gasteiger partial charge in [-0.05, 0) is 6.07 Å². The molecule has 1 aromatic carbocycles. The number of rotatable bonds is 3. The maximum atomic E-state index is 11.2. The second-order valence-electron chi connectivity index (χ2n) is 2.84. The van der Waals surface area contributed by atoms with E-state index in [0.29, 0.717) is 6.07 Å². The lowest BCUT2D eigenvalue weighted by Gasteiger charge is -2.01. The highest BCUT2D eigenvalue weighted by Crippen LogP contribution is 2.32. The van der Waals surface area contributed by atoms with Gasteiger partial charge in [-0.3, -0.25) is 10.1 Å². The molecule has 1 rings (SSSR count). The van der Waals surface area contributed by atoms with Crippen LogP contribution in [-0.4, -0.2) is 28.1 Å². The van der Waals surface area contributed by atoms with Crippen molar-refractivity contribution in [1.29, 1.82) is 0 Å². The van der Waals surface area contributed by atoms with Crippen LogP contribution in [0.5, 0.6) is 0 Å². The summed E-state index contributed by atoms with van der Waals surface area (Å²) in [5, 5.41) is 19.0. The van der Waals surface area contributed by atoms with Gasteiger partial charge in [-0.2, -0.15) is 0 Å². The van der Waals surface area contributed by atoms with E-state index in [4.69, 9.17) is 16.8 Å². The van der Waals surface area contributed by atoms with Crippen LogP contribution in [0.25, 0.3) is 0 Å². The molecular formula is C8H6ClN2O6+. The molecule has 0 saturated heterocycles. The van der Waals surface area contributed by atoms with Gasteiger partial charge in [0.1, 0.15) is 16.7 Å². The van der Waals surface area contributed by atoms with Crippen LogP contribution in [0, 0.1) is 15.0 Å². The van der Waals surface area contributed by atoms with E-state index in [-0.39, 0.29) is 5.02 Å². The van der Waals surface area contributed by atoms with E-state index < -0.39 is 32.8 Å². The molecule has 0 spiro atoms. The van der Waals surface area contributed by atoms with E-state index in [1.54, 1.807) is 0 Å². The van der Waals surface area contributed by atoms with Gasteiger partial charge in [0.25, 0.3) is 10.6 Å². The minimum absolute atomic E-state index is 0.312. The largest absolute Gasteiger partial charge is 0.465 e. The van der Waals surface area contributed by atoms with E-state index in [9.17, 15) is 19.8 Å². The number of ether oxygens (including phenoxy) is 1. The Morgan fingerprint density at radius 3 is 2.41 bits per heavy atom. The third-order valence-corrected chi connectivity index (χ3v) is 2.18. The Balaban J connectivity index is 3.52. The van der Waals surface area contributed by atoms with Crippen LogP contribution in [0.3, 0.4) is 0 Å². The number of methoxy groups -OCH3 is 1. The Morgan fingerprint density at radius 2 is 2.00 bits per heavy atom. The molecule has 0 heterocycles. The van der Waals surface area contributed by atoms with Gasteiger partial charge in [-0.1, -0.05) is 11.6 Å². The van der Waals surface area contributed by atoms with Gasteiger partial charge in [0.05, 0.1) is 16.9 Å². The number of nitro groups is 1. The van der Waals surface area contributed by atoms with E-state index in [1.165, 1.54) is 0 Å². The summed E-state index contributed by atoms with van der Waals surface area (Å²) in [4.78, 5) is 31.0. The lowest BCUT2D eigenvalue weighted by molar-refractivity contribution is -0.729. The summed E-state index contributed by atoms with van der Waals surface area (Å²) < 4.78 is 4.33. The first kappa shape index (κ1) is 12.8. The maximum Gasteiger partial charge on any atom is 0.344 e. The number of nitro benzene ring substituents is 1. The van der Waals surface area contributed by atoms with Gasteiger partial charge in [0, 0.05) is 0 Å². The van der Waals surface area contributed by atoms with Crippen LogP contribution in [-0.2, 0) is 4.74 Å². The summed E-state index contributed by atoms with van der Waals surface area (Å²) in [5.74, 6) is -0.972. The van der Waals surface area contributed by atoms with Crippen molar-refractivity contribution in [2.45, 2.75) is 0 Å². The summed E-state index contributed by atoms with van der Waals surface area (Å²) in [7, 11) is 1.04. The molecule has 0 unspecified atom stereocenters. The van der Waals surface area contributed by atoms with Gasteiger partial charge >= 0.3 is 11.7 Å². The Morgan fingerprint density at radius 1 is 1.41 bits per heavy atom. The fourth-order valence-corrected chi connectivity index (χ4v) is 1.36. The fourth-order valence-electron chi connectivity index (χ4n) is 1.12. The second-order valence-corrected chi connectivity index (χ2v) is 3.25. The molecule has 0 bridgehead atoms. The highest BCUT2D eigenvalue weighted by molar-refractivity contribution is 6.33. The zero-order valence-corrected chi connectivity index (χ0v) is 9.17. The number of halogens is 1. The summed E-state index contributed by atoms with van der Waals surface area (Å²) in [6.07, 6.45) is 0. The quantitative estimate of drug-likeness (QED) is 0.505. The third kappa shape index (κ3) is 2.48. The molecule has 1 N–H and O–H groups in total. The predicted molar refractivity (Wildman–Crippen MR) is 54.5 cm³/mol. The van der Waals surface area contributed by atoms with E-state index >= 15 is 0 Å². The maximum absolute atomic E-state index is 11.2. The number of benzene rings is 1. The van der Waals surface area contributed by atoms with Crippen LogP contribution >= 0.6 is 11.6 Å². The average molecular weight is 262 g/mol. The van der Waals surface area contributed by atoms with Crippen molar-refractivity contribution < 1.29 is 24.6 Å². The lowest BCUT2D eigenvalue weighted by atomic mass is 10.1. The number of hydrogen-bond acceptors (Lipinski definition) is 5. The van der Waals surface area contributed by atoms with Gasteiger partial charge in [-0.15, -0.1) is 0 Å². The topological polar surface area (TPSA) is 110 Å². The minimum atomic E-state index is -0.972.